The van der Waals surface area contributed by atoms with Gasteiger partial charge in [0.2, 0.25) is 0 Å². The van der Waals surface area contributed by atoms with E-state index in [0.29, 0.717) is 28.5 Å². The van der Waals surface area contributed by atoms with E-state index in [2.05, 4.69) is 0 Å². The molecule has 0 spiro atoms. The van der Waals surface area contributed by atoms with Crippen LogP contribution in [0.3, 0.4) is 0 Å². The van der Waals surface area contributed by atoms with Gasteiger partial charge in [-0.05, 0) is 75.2 Å². The van der Waals surface area contributed by atoms with Crippen LogP contribution in [-0.2, 0) is 9.59 Å². The lowest BCUT2D eigenvalue weighted by atomic mass is 9.98. The van der Waals surface area contributed by atoms with Crippen LogP contribution in [0.1, 0.15) is 39.8 Å². The van der Waals surface area contributed by atoms with Gasteiger partial charge in [-0.3, -0.25) is 14.5 Å². The number of carbonyl (C=O) groups excluding carboxylic acids is 2. The molecule has 1 aliphatic rings. The Hall–Kier alpha value is -3.80. The fourth-order valence-corrected chi connectivity index (χ4v) is 4.21. The Kier molecular flexibility index (Phi) is 5.38. The van der Waals surface area contributed by atoms with Gasteiger partial charge in [0.05, 0.1) is 12.7 Å². The number of rotatable bonds is 4. The van der Waals surface area contributed by atoms with Gasteiger partial charge < -0.3 is 14.3 Å². The number of hydrogen-bond donors (Lipinski definition) is 1. The average molecular weight is 431 g/mol. The minimum Gasteiger partial charge on any atom is -0.507 e. The quantitative estimate of drug-likeness (QED) is 0.351. The predicted octanol–water partition coefficient (Wildman–Crippen LogP) is 5.15. The summed E-state index contributed by atoms with van der Waals surface area (Å²) in [7, 11) is 1.57. The van der Waals surface area contributed by atoms with Crippen LogP contribution in [0, 0.1) is 27.7 Å². The summed E-state index contributed by atoms with van der Waals surface area (Å²) in [6.07, 6.45) is 0. The van der Waals surface area contributed by atoms with Crippen LogP contribution in [0.15, 0.2) is 58.5 Å². The molecule has 2 heterocycles. The molecule has 1 unspecified atom stereocenters. The average Bonchev–Trinajstić information content (AvgIpc) is 3.29. The first-order valence-corrected chi connectivity index (χ1v) is 10.3. The molecule has 164 valence electrons. The van der Waals surface area contributed by atoms with E-state index in [1.54, 1.807) is 44.4 Å². The minimum atomic E-state index is -0.882. The van der Waals surface area contributed by atoms with Crippen molar-refractivity contribution in [1.82, 2.24) is 0 Å². The van der Waals surface area contributed by atoms with Crippen molar-refractivity contribution in [2.45, 2.75) is 33.7 Å². The highest BCUT2D eigenvalue weighted by Crippen LogP contribution is 2.43. The standard InChI is InChI=1S/C26H25NO5/c1-14-6-9-19(15(2)12-14)27-23(21-10-7-17(4)32-21)22(25(29)26(27)30)24(28)18-8-11-20(31-5)16(3)13-18/h6-13,23,28H,1-5H3/b24-22-. The number of amides is 1. The topological polar surface area (TPSA) is 80.0 Å². The highest BCUT2D eigenvalue weighted by atomic mass is 16.5. The number of carbonyl (C=O) groups is 2. The van der Waals surface area contributed by atoms with Crippen LogP contribution in [0.2, 0.25) is 0 Å². The number of ketones is 1. The first-order valence-electron chi connectivity index (χ1n) is 10.3. The Balaban J connectivity index is 1.95. The summed E-state index contributed by atoms with van der Waals surface area (Å²) in [5, 5.41) is 11.2. The van der Waals surface area contributed by atoms with Crippen molar-refractivity contribution < 1.29 is 23.8 Å². The van der Waals surface area contributed by atoms with Crippen LogP contribution >= 0.6 is 0 Å². The Morgan fingerprint density at radius 1 is 0.969 bits per heavy atom. The molecule has 2 aromatic carbocycles. The van der Waals surface area contributed by atoms with Crippen molar-refractivity contribution in [3.63, 3.8) is 0 Å². The monoisotopic (exact) mass is 431 g/mol. The number of Topliss-reactive ketones (excluding diaryl/α,β-unsaturated/α-hetero) is 1. The minimum absolute atomic E-state index is 0.00566. The second kappa shape index (κ2) is 8.04. The third-order valence-corrected chi connectivity index (χ3v) is 5.76. The van der Waals surface area contributed by atoms with Crippen molar-refractivity contribution in [3.8, 4) is 5.75 Å². The zero-order chi connectivity index (χ0) is 23.2. The molecule has 0 bridgehead atoms. The molecule has 0 aliphatic carbocycles. The lowest BCUT2D eigenvalue weighted by Crippen LogP contribution is -2.30. The summed E-state index contributed by atoms with van der Waals surface area (Å²) in [6, 6.07) is 13.4. The van der Waals surface area contributed by atoms with Gasteiger partial charge in [0.1, 0.15) is 29.1 Å². The summed E-state index contributed by atoms with van der Waals surface area (Å²) >= 11 is 0. The fourth-order valence-electron chi connectivity index (χ4n) is 4.21. The van der Waals surface area contributed by atoms with Crippen molar-refractivity contribution in [2.24, 2.45) is 0 Å². The number of aliphatic hydroxyl groups excluding tert-OH is 1. The first kappa shape index (κ1) is 21.4. The zero-order valence-electron chi connectivity index (χ0n) is 18.7. The molecule has 1 amide bonds. The van der Waals surface area contributed by atoms with E-state index in [-0.39, 0.29) is 11.3 Å². The summed E-state index contributed by atoms with van der Waals surface area (Å²) in [6.45, 7) is 7.49. The maximum Gasteiger partial charge on any atom is 0.300 e. The van der Waals surface area contributed by atoms with Crippen molar-refractivity contribution >= 4 is 23.1 Å². The highest BCUT2D eigenvalue weighted by Gasteiger charge is 2.48. The first-order chi connectivity index (χ1) is 15.2. The number of benzene rings is 2. The summed E-state index contributed by atoms with van der Waals surface area (Å²) in [5.41, 5.74) is 3.71. The molecule has 3 aromatic rings. The molecule has 4 rings (SSSR count). The van der Waals surface area contributed by atoms with Gasteiger partial charge in [-0.25, -0.2) is 0 Å². The van der Waals surface area contributed by atoms with Crippen LogP contribution < -0.4 is 9.64 Å². The molecule has 1 fully saturated rings. The largest absolute Gasteiger partial charge is 0.507 e. The maximum atomic E-state index is 13.2. The van der Waals surface area contributed by atoms with E-state index in [1.165, 1.54) is 4.90 Å². The smallest absolute Gasteiger partial charge is 0.300 e. The summed E-state index contributed by atoms with van der Waals surface area (Å²) in [4.78, 5) is 27.8. The van der Waals surface area contributed by atoms with Crippen LogP contribution in [0.25, 0.3) is 5.76 Å². The van der Waals surface area contributed by atoms with E-state index in [9.17, 15) is 14.7 Å². The number of aliphatic hydroxyl groups is 1. The summed E-state index contributed by atoms with van der Waals surface area (Å²) in [5.74, 6) is 0.00803. The molecule has 6 heteroatoms. The van der Waals surface area contributed by atoms with E-state index in [0.717, 1.165) is 16.7 Å². The molecule has 32 heavy (non-hydrogen) atoms. The van der Waals surface area contributed by atoms with Gasteiger partial charge >= 0.3 is 0 Å². The van der Waals surface area contributed by atoms with Gasteiger partial charge in [-0.2, -0.15) is 0 Å². The molecule has 1 atom stereocenters. The molecular weight excluding hydrogens is 406 g/mol. The van der Waals surface area contributed by atoms with Crippen LogP contribution in [-0.4, -0.2) is 23.9 Å². The van der Waals surface area contributed by atoms with Crippen LogP contribution in [0.5, 0.6) is 5.75 Å². The number of methoxy groups -OCH3 is 1. The van der Waals surface area contributed by atoms with Crippen molar-refractivity contribution in [1.29, 1.82) is 0 Å². The van der Waals surface area contributed by atoms with Gasteiger partial charge in [0, 0.05) is 11.3 Å². The molecule has 1 aliphatic heterocycles. The number of nitrogens with zero attached hydrogens (tertiary/aromatic N) is 1. The van der Waals surface area contributed by atoms with E-state index in [4.69, 9.17) is 9.15 Å². The number of aryl methyl sites for hydroxylation is 4. The van der Waals surface area contributed by atoms with Gasteiger partial charge in [-0.1, -0.05) is 17.7 Å². The summed E-state index contributed by atoms with van der Waals surface area (Å²) < 4.78 is 11.1. The number of anilines is 1. The molecule has 1 aromatic heterocycles. The Morgan fingerprint density at radius 3 is 2.31 bits per heavy atom. The molecule has 1 saturated heterocycles. The molecule has 1 N–H and O–H groups in total. The molecule has 0 radical (unpaired) electrons. The van der Waals surface area contributed by atoms with Gasteiger partial charge in [0.25, 0.3) is 11.7 Å². The lowest BCUT2D eigenvalue weighted by molar-refractivity contribution is -0.132. The Morgan fingerprint density at radius 2 is 1.72 bits per heavy atom. The Labute approximate surface area is 186 Å². The third-order valence-electron chi connectivity index (χ3n) is 5.76. The fraction of sp³-hybridized carbons (Fsp3) is 0.231. The molecule has 6 nitrogen and oxygen atoms in total. The zero-order valence-corrected chi connectivity index (χ0v) is 18.7. The third kappa shape index (κ3) is 3.47. The van der Waals surface area contributed by atoms with Gasteiger partial charge in [0.15, 0.2) is 0 Å². The van der Waals surface area contributed by atoms with Crippen LogP contribution in [0.4, 0.5) is 5.69 Å². The maximum absolute atomic E-state index is 13.2. The second-order valence-corrected chi connectivity index (χ2v) is 8.09. The SMILES string of the molecule is COc1ccc(/C(O)=C2/C(=O)C(=O)N(c3ccc(C)cc3C)C2c2ccc(C)o2)cc1C. The number of furan rings is 1. The normalized spacial score (nSPS) is 17.8. The highest BCUT2D eigenvalue weighted by molar-refractivity contribution is 6.51. The molecule has 0 saturated carbocycles. The molecular formula is C26H25NO5. The van der Waals surface area contributed by atoms with Crippen molar-refractivity contribution in [3.05, 3.63) is 87.9 Å². The van der Waals surface area contributed by atoms with E-state index in [1.807, 2.05) is 39.0 Å². The number of ether oxygens (including phenoxy) is 1. The number of hydrogen-bond acceptors (Lipinski definition) is 5. The van der Waals surface area contributed by atoms with E-state index >= 15 is 0 Å². The predicted molar refractivity (Wildman–Crippen MR) is 122 cm³/mol. The van der Waals surface area contributed by atoms with Gasteiger partial charge in [-0.15, -0.1) is 0 Å². The van der Waals surface area contributed by atoms with E-state index < -0.39 is 17.7 Å². The van der Waals surface area contributed by atoms with Crippen molar-refractivity contribution in [2.75, 3.05) is 12.0 Å². The second-order valence-electron chi connectivity index (χ2n) is 8.09. The lowest BCUT2D eigenvalue weighted by Gasteiger charge is -2.25. The Bertz CT molecular complexity index is 1270.